The highest BCUT2D eigenvalue weighted by Crippen LogP contribution is 2.28. The molecule has 0 aliphatic heterocycles. The summed E-state index contributed by atoms with van der Waals surface area (Å²) < 4.78 is 13.8. The molecule has 2 heterocycles. The van der Waals surface area contributed by atoms with Gasteiger partial charge in [-0.1, -0.05) is 17.8 Å². The number of nitrogen functional groups attached to an aromatic ring is 1. The second kappa shape index (κ2) is 5.68. The fraction of sp³-hybridized carbons (Fsp3) is 0.0714. The molecule has 21 heavy (non-hydrogen) atoms. The number of aromatic nitrogens is 2. The number of anilines is 1. The molecule has 0 fully saturated rings. The van der Waals surface area contributed by atoms with Crippen molar-refractivity contribution in [2.75, 3.05) is 5.73 Å². The van der Waals surface area contributed by atoms with Crippen LogP contribution in [0.4, 0.5) is 10.2 Å². The van der Waals surface area contributed by atoms with Crippen LogP contribution in [0, 0.1) is 17.1 Å². The largest absolute Gasteiger partial charge is 0.383 e. The molecule has 3 rings (SSSR count). The van der Waals surface area contributed by atoms with Crippen LogP contribution in [-0.4, -0.2) is 9.97 Å². The Morgan fingerprint density at radius 3 is 2.95 bits per heavy atom. The molecule has 0 saturated heterocycles. The van der Waals surface area contributed by atoms with E-state index in [9.17, 15) is 4.39 Å². The zero-order valence-corrected chi connectivity index (χ0v) is 12.3. The van der Waals surface area contributed by atoms with E-state index in [1.165, 1.54) is 29.2 Å². The van der Waals surface area contributed by atoms with Crippen LogP contribution < -0.4 is 5.73 Å². The Morgan fingerprint density at radius 1 is 1.33 bits per heavy atom. The Kier molecular flexibility index (Phi) is 3.73. The highest BCUT2D eigenvalue weighted by atomic mass is 32.2. The van der Waals surface area contributed by atoms with E-state index in [2.05, 4.69) is 9.97 Å². The summed E-state index contributed by atoms with van der Waals surface area (Å²) in [5.74, 6) is 0.421. The number of nitriles is 1. The molecule has 7 heteroatoms. The van der Waals surface area contributed by atoms with E-state index in [1.54, 1.807) is 12.1 Å². The molecule has 0 saturated carbocycles. The molecule has 0 radical (unpaired) electrons. The first-order chi connectivity index (χ1) is 10.2. The third kappa shape index (κ3) is 2.82. The van der Waals surface area contributed by atoms with E-state index < -0.39 is 5.82 Å². The molecule has 0 bridgehead atoms. The van der Waals surface area contributed by atoms with Gasteiger partial charge >= 0.3 is 0 Å². The van der Waals surface area contributed by atoms with Gasteiger partial charge in [-0.2, -0.15) is 5.26 Å². The topological polar surface area (TPSA) is 75.6 Å². The van der Waals surface area contributed by atoms with E-state index in [0.717, 1.165) is 10.2 Å². The Labute approximate surface area is 128 Å². The molecule has 2 N–H and O–H groups in total. The van der Waals surface area contributed by atoms with Gasteiger partial charge in [0.05, 0.1) is 17.0 Å². The lowest BCUT2D eigenvalue weighted by Crippen LogP contribution is -1.96. The third-order valence-corrected chi connectivity index (χ3v) is 4.58. The molecule has 0 atom stereocenters. The molecule has 2 aromatic heterocycles. The maximum Gasteiger partial charge on any atom is 0.191 e. The first kappa shape index (κ1) is 13.8. The number of nitrogens with zero attached hydrogens (tertiary/aromatic N) is 3. The maximum atomic E-state index is 13.8. The molecule has 104 valence electrons. The number of thioether (sulfide) groups is 1. The molecule has 3 aromatic rings. The highest BCUT2D eigenvalue weighted by Gasteiger charge is 2.09. The van der Waals surface area contributed by atoms with Gasteiger partial charge in [-0.15, -0.1) is 11.3 Å². The normalized spacial score (nSPS) is 10.7. The Hall–Kier alpha value is -2.17. The molecule has 0 aliphatic carbocycles. The van der Waals surface area contributed by atoms with Crippen molar-refractivity contribution in [2.24, 2.45) is 0 Å². The fourth-order valence-corrected chi connectivity index (χ4v) is 3.47. The minimum absolute atomic E-state index is 0.307. The monoisotopic (exact) mass is 316 g/mol. The molecule has 1 aromatic carbocycles. The van der Waals surface area contributed by atoms with Gasteiger partial charge in [-0.25, -0.2) is 14.4 Å². The van der Waals surface area contributed by atoms with Crippen molar-refractivity contribution in [3.63, 3.8) is 0 Å². The predicted octanol–water partition coefficient (Wildman–Crippen LogP) is 3.58. The van der Waals surface area contributed by atoms with Crippen molar-refractivity contribution < 1.29 is 4.39 Å². The van der Waals surface area contributed by atoms with Crippen LogP contribution in [0.3, 0.4) is 0 Å². The second-order valence-electron chi connectivity index (χ2n) is 4.24. The van der Waals surface area contributed by atoms with Gasteiger partial charge in [-0.05, 0) is 29.1 Å². The van der Waals surface area contributed by atoms with Crippen LogP contribution in [0.1, 0.15) is 11.1 Å². The average molecular weight is 316 g/mol. The van der Waals surface area contributed by atoms with E-state index in [1.807, 2.05) is 17.5 Å². The molecular formula is C14H9FN4S2. The van der Waals surface area contributed by atoms with Gasteiger partial charge in [0.25, 0.3) is 0 Å². The van der Waals surface area contributed by atoms with Gasteiger partial charge < -0.3 is 5.73 Å². The minimum Gasteiger partial charge on any atom is -0.383 e. The summed E-state index contributed by atoms with van der Waals surface area (Å²) >= 11 is 2.81. The standard InChI is InChI=1S/C14H9FN4S2/c15-11-5-8(6-16)1-2-9(11)7-21-14-18-12(17)10-3-4-20-13(10)19-14/h1-5H,7H2,(H2,17,18,19). The molecular weight excluding hydrogens is 307 g/mol. The first-order valence-corrected chi connectivity index (χ1v) is 7.86. The minimum atomic E-state index is -0.397. The SMILES string of the molecule is N#Cc1ccc(CSc2nc(N)c3ccsc3n2)c(F)c1. The first-order valence-electron chi connectivity index (χ1n) is 5.99. The summed E-state index contributed by atoms with van der Waals surface area (Å²) in [7, 11) is 0. The smallest absolute Gasteiger partial charge is 0.191 e. The number of fused-ring (bicyclic) bond motifs is 1. The van der Waals surface area contributed by atoms with Gasteiger partial charge in [0.15, 0.2) is 5.16 Å². The maximum absolute atomic E-state index is 13.8. The van der Waals surface area contributed by atoms with Crippen molar-refractivity contribution in [1.29, 1.82) is 5.26 Å². The second-order valence-corrected chi connectivity index (χ2v) is 6.07. The summed E-state index contributed by atoms with van der Waals surface area (Å²) in [6.07, 6.45) is 0. The molecule has 0 spiro atoms. The Morgan fingerprint density at radius 2 is 2.19 bits per heavy atom. The fourth-order valence-electron chi connectivity index (χ4n) is 1.80. The van der Waals surface area contributed by atoms with Crippen LogP contribution in [0.2, 0.25) is 0 Å². The van der Waals surface area contributed by atoms with Crippen molar-refractivity contribution >= 4 is 39.1 Å². The predicted molar refractivity (Wildman–Crippen MR) is 82.5 cm³/mol. The molecule has 4 nitrogen and oxygen atoms in total. The van der Waals surface area contributed by atoms with E-state index in [4.69, 9.17) is 11.0 Å². The van der Waals surface area contributed by atoms with E-state index in [0.29, 0.717) is 27.9 Å². The van der Waals surface area contributed by atoms with Gasteiger partial charge in [0, 0.05) is 5.75 Å². The van der Waals surface area contributed by atoms with Gasteiger partial charge in [0.2, 0.25) is 0 Å². The van der Waals surface area contributed by atoms with Crippen LogP contribution in [0.25, 0.3) is 10.2 Å². The summed E-state index contributed by atoms with van der Waals surface area (Å²) in [4.78, 5) is 9.43. The van der Waals surface area contributed by atoms with Crippen LogP contribution in [-0.2, 0) is 5.75 Å². The summed E-state index contributed by atoms with van der Waals surface area (Å²) in [6.45, 7) is 0. The van der Waals surface area contributed by atoms with Gasteiger partial charge in [0.1, 0.15) is 16.5 Å². The van der Waals surface area contributed by atoms with Crippen molar-refractivity contribution in [1.82, 2.24) is 9.97 Å². The summed E-state index contributed by atoms with van der Waals surface area (Å²) in [5, 5.41) is 12.0. The molecule has 0 aliphatic rings. The van der Waals surface area contributed by atoms with Crippen LogP contribution in [0.15, 0.2) is 34.8 Å². The van der Waals surface area contributed by atoms with E-state index in [-0.39, 0.29) is 0 Å². The zero-order valence-electron chi connectivity index (χ0n) is 10.7. The number of halogens is 1. The number of hydrogen-bond acceptors (Lipinski definition) is 6. The molecule has 0 unspecified atom stereocenters. The lowest BCUT2D eigenvalue weighted by Gasteiger charge is -2.04. The lowest BCUT2D eigenvalue weighted by molar-refractivity contribution is 0.617. The van der Waals surface area contributed by atoms with E-state index >= 15 is 0 Å². The highest BCUT2D eigenvalue weighted by molar-refractivity contribution is 7.98. The number of rotatable bonds is 3. The number of benzene rings is 1. The quantitative estimate of drug-likeness (QED) is 0.590. The number of thiophene rings is 1. The zero-order chi connectivity index (χ0) is 14.8. The number of nitrogens with two attached hydrogens (primary N) is 1. The summed E-state index contributed by atoms with van der Waals surface area (Å²) in [5.41, 5.74) is 6.68. The number of hydrogen-bond donors (Lipinski definition) is 1. The van der Waals surface area contributed by atoms with Crippen molar-refractivity contribution in [2.45, 2.75) is 10.9 Å². The average Bonchev–Trinajstić information content (AvgIpc) is 2.95. The summed E-state index contributed by atoms with van der Waals surface area (Å²) in [6, 6.07) is 8.21. The lowest BCUT2D eigenvalue weighted by atomic mass is 10.1. The van der Waals surface area contributed by atoms with Crippen LogP contribution in [0.5, 0.6) is 0 Å². The van der Waals surface area contributed by atoms with Crippen LogP contribution >= 0.6 is 23.1 Å². The van der Waals surface area contributed by atoms with Gasteiger partial charge in [-0.3, -0.25) is 0 Å². The third-order valence-electron chi connectivity index (χ3n) is 2.87. The Balaban J connectivity index is 1.82. The Bertz CT molecular complexity index is 854. The van der Waals surface area contributed by atoms with Crippen molar-refractivity contribution in [3.05, 3.63) is 46.6 Å². The van der Waals surface area contributed by atoms with Crippen molar-refractivity contribution in [3.8, 4) is 6.07 Å². The molecule has 0 amide bonds.